The first-order chi connectivity index (χ1) is 20.2. The maximum absolute atomic E-state index is 13.4. The number of amides is 1. The fraction of sp³-hybridized carbons (Fsp3) is 0.324. The van der Waals surface area contributed by atoms with Crippen LogP contribution in [0.4, 0.5) is 5.95 Å². The number of anilines is 1. The van der Waals surface area contributed by atoms with Crippen molar-refractivity contribution >= 4 is 22.8 Å². The van der Waals surface area contributed by atoms with Crippen molar-refractivity contribution < 1.29 is 4.79 Å². The van der Waals surface area contributed by atoms with Gasteiger partial charge in [0.2, 0.25) is 5.95 Å². The second-order valence-electron chi connectivity index (χ2n) is 11.0. The Kier molecular flexibility index (Phi) is 8.52. The molecule has 41 heavy (non-hydrogen) atoms. The van der Waals surface area contributed by atoms with Gasteiger partial charge in [0.25, 0.3) is 5.91 Å². The van der Waals surface area contributed by atoms with Crippen LogP contribution >= 0.6 is 0 Å². The summed E-state index contributed by atoms with van der Waals surface area (Å²) in [6.07, 6.45) is 13.7. The number of benzene rings is 3. The maximum atomic E-state index is 13.4. The van der Waals surface area contributed by atoms with E-state index >= 15 is 0 Å². The summed E-state index contributed by atoms with van der Waals surface area (Å²) in [6.45, 7) is 3.78. The van der Waals surface area contributed by atoms with Gasteiger partial charge in [0, 0.05) is 22.8 Å². The molecule has 7 heteroatoms. The summed E-state index contributed by atoms with van der Waals surface area (Å²) < 4.78 is 1.99. The van der Waals surface area contributed by atoms with Gasteiger partial charge in [-0.05, 0) is 99.3 Å². The van der Waals surface area contributed by atoms with Gasteiger partial charge in [-0.2, -0.15) is 5.10 Å². The first-order valence-corrected chi connectivity index (χ1v) is 14.9. The van der Waals surface area contributed by atoms with Crippen LogP contribution in [0.2, 0.25) is 0 Å². The Balaban J connectivity index is 1.12. The molecule has 6 rings (SSSR count). The van der Waals surface area contributed by atoms with Gasteiger partial charge in [-0.25, -0.2) is 4.98 Å². The van der Waals surface area contributed by atoms with Crippen molar-refractivity contribution in [1.29, 1.82) is 0 Å². The molecule has 0 saturated carbocycles. The van der Waals surface area contributed by atoms with Gasteiger partial charge in [0.1, 0.15) is 0 Å². The second-order valence-corrected chi connectivity index (χ2v) is 11.0. The van der Waals surface area contributed by atoms with Gasteiger partial charge in [-0.3, -0.25) is 19.8 Å². The zero-order valence-electron chi connectivity index (χ0n) is 23.6. The Hall–Kier alpha value is -4.23. The van der Waals surface area contributed by atoms with Crippen LogP contribution in [0.15, 0.2) is 85.2 Å². The number of rotatable bonds is 11. The van der Waals surface area contributed by atoms with Crippen molar-refractivity contribution in [2.45, 2.75) is 51.4 Å². The average molecular weight is 547 g/mol. The number of likely N-dealkylation sites (tertiary alicyclic amines) is 1. The third kappa shape index (κ3) is 6.74. The quantitative estimate of drug-likeness (QED) is 0.171. The molecule has 3 aromatic carbocycles. The standard InChI is InChI=1S/C34H38N6O/c41-33(28-13-11-12-26(22-28)27-17-18-32-29(23-27)24-35-38-32)37-34-36-30(25-40(34)31-15-6-3-7-16-31)14-5-1-2-8-19-39-20-9-4-10-21-39/h3,6-7,11-13,15-18,22-25H,1-2,4-5,8-10,14,19-21H2,(H,35,38)(H,36,37,41). The third-order valence-electron chi connectivity index (χ3n) is 8.02. The van der Waals surface area contributed by atoms with E-state index in [0.717, 1.165) is 46.3 Å². The number of H-pyrrole nitrogens is 1. The zero-order chi connectivity index (χ0) is 27.9. The van der Waals surface area contributed by atoms with Gasteiger partial charge >= 0.3 is 0 Å². The lowest BCUT2D eigenvalue weighted by Gasteiger charge is -2.26. The van der Waals surface area contributed by atoms with E-state index < -0.39 is 0 Å². The first kappa shape index (κ1) is 27.0. The van der Waals surface area contributed by atoms with Crippen LogP contribution in [-0.2, 0) is 6.42 Å². The molecule has 210 valence electrons. The number of hydrogen-bond donors (Lipinski definition) is 2. The number of piperidine rings is 1. The summed E-state index contributed by atoms with van der Waals surface area (Å²) in [7, 11) is 0. The Morgan fingerprint density at radius 3 is 2.56 bits per heavy atom. The second kappa shape index (κ2) is 13.0. The van der Waals surface area contributed by atoms with Gasteiger partial charge in [-0.15, -0.1) is 0 Å². The molecule has 1 amide bonds. The Labute approximate surface area is 241 Å². The molecule has 1 saturated heterocycles. The van der Waals surface area contributed by atoms with Crippen molar-refractivity contribution in [1.82, 2.24) is 24.6 Å². The topological polar surface area (TPSA) is 78.8 Å². The molecular weight excluding hydrogens is 508 g/mol. The van der Waals surface area contributed by atoms with Crippen molar-refractivity contribution in [3.05, 3.63) is 96.4 Å². The lowest BCUT2D eigenvalue weighted by atomic mass is 10.0. The minimum atomic E-state index is -0.178. The van der Waals surface area contributed by atoms with Crippen LogP contribution in [0.3, 0.4) is 0 Å². The Morgan fingerprint density at radius 2 is 1.68 bits per heavy atom. The number of imidazole rings is 1. The molecule has 0 bridgehead atoms. The molecule has 1 fully saturated rings. The number of hydrogen-bond acceptors (Lipinski definition) is 4. The van der Waals surface area contributed by atoms with Crippen molar-refractivity contribution in [3.63, 3.8) is 0 Å². The van der Waals surface area contributed by atoms with Crippen molar-refractivity contribution in [3.8, 4) is 16.8 Å². The van der Waals surface area contributed by atoms with Crippen LogP contribution in [0, 0.1) is 0 Å². The van der Waals surface area contributed by atoms with E-state index in [1.807, 2.05) is 77.5 Å². The van der Waals surface area contributed by atoms with Gasteiger partial charge in [0.15, 0.2) is 0 Å². The number of fused-ring (bicyclic) bond motifs is 1. The summed E-state index contributed by atoms with van der Waals surface area (Å²) in [5, 5.41) is 11.2. The van der Waals surface area contributed by atoms with E-state index in [9.17, 15) is 4.79 Å². The number of aromatic nitrogens is 4. The van der Waals surface area contributed by atoms with Crippen LogP contribution in [0.25, 0.3) is 27.7 Å². The molecule has 3 heterocycles. The lowest BCUT2D eigenvalue weighted by molar-refractivity contribution is 0.102. The van der Waals surface area contributed by atoms with E-state index in [-0.39, 0.29) is 5.91 Å². The highest BCUT2D eigenvalue weighted by atomic mass is 16.1. The van der Waals surface area contributed by atoms with E-state index in [1.165, 1.54) is 58.2 Å². The zero-order valence-corrected chi connectivity index (χ0v) is 23.6. The molecule has 0 atom stereocenters. The number of unbranched alkanes of at least 4 members (excludes halogenated alkanes) is 3. The molecule has 0 radical (unpaired) electrons. The molecule has 7 nitrogen and oxygen atoms in total. The van der Waals surface area contributed by atoms with Crippen LogP contribution in [0.1, 0.15) is 61.0 Å². The smallest absolute Gasteiger partial charge is 0.258 e. The number of nitrogens with zero attached hydrogens (tertiary/aromatic N) is 4. The minimum Gasteiger partial charge on any atom is -0.303 e. The third-order valence-corrected chi connectivity index (χ3v) is 8.02. The van der Waals surface area contributed by atoms with Crippen molar-refractivity contribution in [2.75, 3.05) is 25.0 Å². The molecule has 0 unspecified atom stereocenters. The largest absolute Gasteiger partial charge is 0.303 e. The fourth-order valence-corrected chi connectivity index (χ4v) is 5.74. The summed E-state index contributed by atoms with van der Waals surface area (Å²) in [4.78, 5) is 20.9. The molecule has 0 aliphatic carbocycles. The van der Waals surface area contributed by atoms with Gasteiger partial charge in [0.05, 0.1) is 17.4 Å². The van der Waals surface area contributed by atoms with E-state index in [2.05, 4.69) is 32.7 Å². The van der Waals surface area contributed by atoms with E-state index in [0.29, 0.717) is 11.5 Å². The number of nitrogens with one attached hydrogen (secondary N) is 2. The van der Waals surface area contributed by atoms with E-state index in [4.69, 9.17) is 4.98 Å². The highest BCUT2D eigenvalue weighted by molar-refractivity contribution is 6.04. The maximum Gasteiger partial charge on any atom is 0.258 e. The SMILES string of the molecule is O=C(Nc1nc(CCCCCCN2CCCCC2)cn1-c1ccccc1)c1cccc(-c2ccc3[nH]ncc3c2)c1. The highest BCUT2D eigenvalue weighted by Gasteiger charge is 2.15. The average Bonchev–Trinajstić information content (AvgIpc) is 3.66. The summed E-state index contributed by atoms with van der Waals surface area (Å²) in [5.41, 5.74) is 5.58. The van der Waals surface area contributed by atoms with Crippen molar-refractivity contribution in [2.24, 2.45) is 0 Å². The number of carbonyl (C=O) groups is 1. The molecule has 2 N–H and O–H groups in total. The molecule has 5 aromatic rings. The highest BCUT2D eigenvalue weighted by Crippen LogP contribution is 2.25. The number of aromatic amines is 1. The Bertz CT molecular complexity index is 1580. The minimum absolute atomic E-state index is 0.178. The molecule has 0 spiro atoms. The number of carbonyl (C=O) groups excluding carboxylic acids is 1. The van der Waals surface area contributed by atoms with Crippen LogP contribution in [-0.4, -0.2) is 50.2 Å². The normalized spacial score (nSPS) is 14.0. The summed E-state index contributed by atoms with van der Waals surface area (Å²) in [5.74, 6) is 0.370. The van der Waals surface area contributed by atoms with Crippen LogP contribution in [0.5, 0.6) is 0 Å². The molecule has 2 aromatic heterocycles. The predicted molar refractivity (Wildman–Crippen MR) is 166 cm³/mol. The molecule has 1 aliphatic heterocycles. The molecular formula is C34H38N6O. The van der Waals surface area contributed by atoms with E-state index in [1.54, 1.807) is 0 Å². The Morgan fingerprint density at radius 1 is 0.854 bits per heavy atom. The number of aryl methyl sites for hydroxylation is 1. The number of para-hydroxylation sites is 1. The lowest BCUT2D eigenvalue weighted by Crippen LogP contribution is -2.30. The first-order valence-electron chi connectivity index (χ1n) is 14.9. The van der Waals surface area contributed by atoms with Crippen LogP contribution < -0.4 is 5.32 Å². The summed E-state index contributed by atoms with van der Waals surface area (Å²) >= 11 is 0. The van der Waals surface area contributed by atoms with Gasteiger partial charge in [-0.1, -0.05) is 55.7 Å². The molecule has 1 aliphatic rings. The predicted octanol–water partition coefficient (Wildman–Crippen LogP) is 7.26. The fourth-order valence-electron chi connectivity index (χ4n) is 5.74. The monoisotopic (exact) mass is 546 g/mol. The van der Waals surface area contributed by atoms with Gasteiger partial charge < -0.3 is 4.90 Å². The summed E-state index contributed by atoms with van der Waals surface area (Å²) in [6, 6.07) is 23.9.